The van der Waals surface area contributed by atoms with E-state index in [0.29, 0.717) is 6.04 Å². The van der Waals surface area contributed by atoms with E-state index in [1.807, 2.05) is 0 Å². The van der Waals surface area contributed by atoms with Crippen molar-refractivity contribution >= 4 is 31.9 Å². The van der Waals surface area contributed by atoms with Gasteiger partial charge in [-0.1, -0.05) is 6.07 Å². The van der Waals surface area contributed by atoms with E-state index >= 15 is 0 Å². The van der Waals surface area contributed by atoms with Gasteiger partial charge in [0.15, 0.2) is 0 Å². The summed E-state index contributed by atoms with van der Waals surface area (Å²) < 4.78 is 2.16. The van der Waals surface area contributed by atoms with Crippen LogP contribution in [0, 0.1) is 0 Å². The lowest BCUT2D eigenvalue weighted by atomic mass is 10.0. The highest BCUT2D eigenvalue weighted by Crippen LogP contribution is 2.26. The number of aliphatic hydroxyl groups is 1. The van der Waals surface area contributed by atoms with Crippen LogP contribution in [0.4, 0.5) is 0 Å². The molecule has 17 heavy (non-hydrogen) atoms. The Morgan fingerprint density at radius 2 is 2.06 bits per heavy atom. The first-order chi connectivity index (χ1) is 8.06. The molecule has 1 N–H and O–H groups in total. The summed E-state index contributed by atoms with van der Waals surface area (Å²) in [5.41, 5.74) is 1.28. The van der Waals surface area contributed by atoms with E-state index in [1.54, 1.807) is 0 Å². The number of piperidine rings is 1. The van der Waals surface area contributed by atoms with Gasteiger partial charge in [0, 0.05) is 28.1 Å². The molecule has 2 nitrogen and oxygen atoms in total. The first-order valence-electron chi connectivity index (χ1n) is 5.92. The van der Waals surface area contributed by atoms with Gasteiger partial charge in [-0.2, -0.15) is 0 Å². The number of aliphatic hydroxyl groups excluding tert-OH is 1. The fourth-order valence-electron chi connectivity index (χ4n) is 2.25. The Bertz CT molecular complexity index is 397. The van der Waals surface area contributed by atoms with E-state index in [1.165, 1.54) is 5.56 Å². The van der Waals surface area contributed by atoms with Gasteiger partial charge in [-0.15, -0.1) is 0 Å². The van der Waals surface area contributed by atoms with Gasteiger partial charge < -0.3 is 5.11 Å². The number of β-amino-alcohol motifs (C(OH)–C–C–N with tert-alkyl or cyclic N) is 1. The predicted molar refractivity (Wildman–Crippen MR) is 77.0 cm³/mol. The third kappa shape index (κ3) is 3.53. The summed E-state index contributed by atoms with van der Waals surface area (Å²) in [7, 11) is 0. The number of hydrogen-bond acceptors (Lipinski definition) is 2. The largest absolute Gasteiger partial charge is 0.392 e. The van der Waals surface area contributed by atoms with Crippen LogP contribution in [-0.4, -0.2) is 28.7 Å². The molecule has 0 radical (unpaired) electrons. The first kappa shape index (κ1) is 13.5. The maximum absolute atomic E-state index is 9.72. The van der Waals surface area contributed by atoms with E-state index in [-0.39, 0.29) is 6.10 Å². The summed E-state index contributed by atoms with van der Waals surface area (Å²) in [6.07, 6.45) is 1.85. The molecule has 1 aliphatic rings. The number of hydrogen-bond donors (Lipinski definition) is 1. The Kier molecular flexibility index (Phi) is 4.64. The van der Waals surface area contributed by atoms with E-state index in [4.69, 9.17) is 0 Å². The normalized spacial score (nSPS) is 26.1. The quantitative estimate of drug-likeness (QED) is 0.869. The van der Waals surface area contributed by atoms with Gasteiger partial charge in [0.05, 0.1) is 6.10 Å². The fraction of sp³-hybridized carbons (Fsp3) is 0.538. The van der Waals surface area contributed by atoms with Crippen molar-refractivity contribution in [2.75, 3.05) is 6.54 Å². The fourth-order valence-corrected chi connectivity index (χ4v) is 2.92. The molecule has 1 heterocycles. The van der Waals surface area contributed by atoms with Crippen molar-refractivity contribution in [3.8, 4) is 0 Å². The van der Waals surface area contributed by atoms with Crippen molar-refractivity contribution in [2.24, 2.45) is 0 Å². The average Bonchev–Trinajstić information content (AvgIpc) is 2.29. The summed E-state index contributed by atoms with van der Waals surface area (Å²) in [5, 5.41) is 9.72. The Morgan fingerprint density at radius 1 is 1.29 bits per heavy atom. The molecule has 94 valence electrons. The highest BCUT2D eigenvalue weighted by Gasteiger charge is 2.23. The lowest BCUT2D eigenvalue weighted by molar-refractivity contribution is 0.0364. The van der Waals surface area contributed by atoms with Gasteiger partial charge in [-0.3, -0.25) is 4.90 Å². The summed E-state index contributed by atoms with van der Waals surface area (Å²) in [5.74, 6) is 0. The van der Waals surface area contributed by atoms with Crippen molar-refractivity contribution in [1.29, 1.82) is 0 Å². The summed E-state index contributed by atoms with van der Waals surface area (Å²) in [4.78, 5) is 2.35. The van der Waals surface area contributed by atoms with Gasteiger partial charge >= 0.3 is 0 Å². The maximum atomic E-state index is 9.72. The second-order valence-corrected chi connectivity index (χ2v) is 6.47. The Labute approximate surface area is 119 Å². The molecule has 2 rings (SSSR count). The summed E-state index contributed by atoms with van der Waals surface area (Å²) in [6, 6.07) is 6.88. The standard InChI is InChI=1S/C13H17Br2NO/c1-9-2-4-11(17)8-16(9)7-10-3-5-12(14)13(15)6-10/h3,5-6,9,11,17H,2,4,7-8H2,1H3/t9-,11-/m1/s1. The second kappa shape index (κ2) is 5.83. The molecular weight excluding hydrogens is 346 g/mol. The topological polar surface area (TPSA) is 23.5 Å². The predicted octanol–water partition coefficient (Wildman–Crippen LogP) is 3.56. The van der Waals surface area contributed by atoms with Crippen molar-refractivity contribution in [1.82, 2.24) is 4.90 Å². The van der Waals surface area contributed by atoms with E-state index in [2.05, 4.69) is 61.9 Å². The Hall–Kier alpha value is 0.1000. The van der Waals surface area contributed by atoms with Crippen molar-refractivity contribution in [2.45, 2.75) is 38.5 Å². The number of halogens is 2. The molecule has 1 aromatic carbocycles. The van der Waals surface area contributed by atoms with Crippen LogP contribution in [-0.2, 0) is 6.54 Å². The van der Waals surface area contributed by atoms with E-state index < -0.39 is 0 Å². The number of rotatable bonds is 2. The van der Waals surface area contributed by atoms with Crippen molar-refractivity contribution in [3.05, 3.63) is 32.7 Å². The molecule has 0 aromatic heterocycles. The zero-order valence-electron chi connectivity index (χ0n) is 9.87. The molecule has 1 aliphatic heterocycles. The van der Waals surface area contributed by atoms with Crippen LogP contribution in [0.1, 0.15) is 25.3 Å². The zero-order valence-corrected chi connectivity index (χ0v) is 13.0. The van der Waals surface area contributed by atoms with Gasteiger partial charge in [0.2, 0.25) is 0 Å². The van der Waals surface area contributed by atoms with Crippen LogP contribution < -0.4 is 0 Å². The van der Waals surface area contributed by atoms with Gasteiger partial charge in [-0.05, 0) is 69.3 Å². The van der Waals surface area contributed by atoms with E-state index in [0.717, 1.165) is 34.9 Å². The highest BCUT2D eigenvalue weighted by atomic mass is 79.9. The Balaban J connectivity index is 2.06. The maximum Gasteiger partial charge on any atom is 0.0668 e. The number of likely N-dealkylation sites (tertiary alicyclic amines) is 1. The average molecular weight is 363 g/mol. The monoisotopic (exact) mass is 361 g/mol. The zero-order chi connectivity index (χ0) is 12.4. The highest BCUT2D eigenvalue weighted by molar-refractivity contribution is 9.13. The third-order valence-electron chi connectivity index (χ3n) is 3.36. The molecule has 4 heteroatoms. The van der Waals surface area contributed by atoms with Gasteiger partial charge in [0.25, 0.3) is 0 Å². The molecular formula is C13H17Br2NO. The lowest BCUT2D eigenvalue weighted by Crippen LogP contribution is -2.43. The van der Waals surface area contributed by atoms with Crippen molar-refractivity contribution < 1.29 is 5.11 Å². The van der Waals surface area contributed by atoms with Gasteiger partial charge in [0.1, 0.15) is 0 Å². The molecule has 1 fully saturated rings. The summed E-state index contributed by atoms with van der Waals surface area (Å²) in [6.45, 7) is 3.93. The lowest BCUT2D eigenvalue weighted by Gasteiger charge is -2.36. The minimum absolute atomic E-state index is 0.162. The summed E-state index contributed by atoms with van der Waals surface area (Å²) >= 11 is 7.00. The number of nitrogens with zero attached hydrogens (tertiary/aromatic N) is 1. The van der Waals surface area contributed by atoms with Crippen LogP contribution in [0.15, 0.2) is 27.1 Å². The van der Waals surface area contributed by atoms with Crippen LogP contribution in [0.25, 0.3) is 0 Å². The molecule has 0 unspecified atom stereocenters. The van der Waals surface area contributed by atoms with Crippen LogP contribution >= 0.6 is 31.9 Å². The van der Waals surface area contributed by atoms with Crippen LogP contribution in [0.3, 0.4) is 0 Å². The SMILES string of the molecule is C[C@@H]1CC[C@@H](O)CN1Cc1ccc(Br)c(Br)c1. The van der Waals surface area contributed by atoms with Gasteiger partial charge in [-0.25, -0.2) is 0 Å². The molecule has 2 atom stereocenters. The van der Waals surface area contributed by atoms with Crippen LogP contribution in [0.2, 0.25) is 0 Å². The molecule has 0 aliphatic carbocycles. The van der Waals surface area contributed by atoms with E-state index in [9.17, 15) is 5.11 Å². The van der Waals surface area contributed by atoms with Crippen molar-refractivity contribution in [3.63, 3.8) is 0 Å². The molecule has 0 amide bonds. The molecule has 1 aromatic rings. The second-order valence-electron chi connectivity index (χ2n) is 4.76. The molecule has 1 saturated heterocycles. The molecule has 0 bridgehead atoms. The minimum atomic E-state index is -0.162. The first-order valence-corrected chi connectivity index (χ1v) is 7.51. The van der Waals surface area contributed by atoms with Crippen LogP contribution in [0.5, 0.6) is 0 Å². The molecule has 0 spiro atoms. The third-order valence-corrected chi connectivity index (χ3v) is 5.24. The smallest absolute Gasteiger partial charge is 0.0668 e. The number of benzene rings is 1. The Morgan fingerprint density at radius 3 is 2.76 bits per heavy atom. The minimum Gasteiger partial charge on any atom is -0.392 e. The molecule has 0 saturated carbocycles.